The Kier molecular flexibility index (Phi) is 6.60. The van der Waals surface area contributed by atoms with E-state index >= 15 is 0 Å². The van der Waals surface area contributed by atoms with Crippen molar-refractivity contribution in [3.8, 4) is 5.75 Å². The average Bonchev–Trinajstić information content (AvgIpc) is 3.46. The first-order chi connectivity index (χ1) is 15.7. The van der Waals surface area contributed by atoms with Crippen molar-refractivity contribution in [1.82, 2.24) is 14.5 Å². The topological polar surface area (TPSA) is 47.4 Å². The minimum atomic E-state index is 0.163. The van der Waals surface area contributed by atoms with Crippen LogP contribution < -0.4 is 10.3 Å². The minimum absolute atomic E-state index is 0.163. The third kappa shape index (κ3) is 4.48. The van der Waals surface area contributed by atoms with Crippen molar-refractivity contribution < 1.29 is 4.74 Å². The molecule has 0 amide bonds. The first-order valence-corrected chi connectivity index (χ1v) is 13.0. The van der Waals surface area contributed by atoms with Crippen molar-refractivity contribution >= 4 is 21.6 Å². The highest BCUT2D eigenvalue weighted by atomic mass is 32.1. The quantitative estimate of drug-likeness (QED) is 0.454. The summed E-state index contributed by atoms with van der Waals surface area (Å²) >= 11 is 1.76. The second-order valence-corrected chi connectivity index (χ2v) is 10.1. The number of thiophene rings is 1. The lowest BCUT2D eigenvalue weighted by Gasteiger charge is -2.18. The number of fused-ring (bicyclic) bond motifs is 3. The molecule has 3 aromatic rings. The van der Waals surface area contributed by atoms with Gasteiger partial charge in [0.1, 0.15) is 16.4 Å². The zero-order valence-corrected chi connectivity index (χ0v) is 19.9. The summed E-state index contributed by atoms with van der Waals surface area (Å²) in [6.07, 6.45) is 8.84. The van der Waals surface area contributed by atoms with Crippen LogP contribution in [0.15, 0.2) is 29.1 Å². The van der Waals surface area contributed by atoms with Gasteiger partial charge in [-0.15, -0.1) is 11.3 Å². The van der Waals surface area contributed by atoms with E-state index in [9.17, 15) is 4.79 Å². The van der Waals surface area contributed by atoms with Crippen molar-refractivity contribution in [1.29, 1.82) is 0 Å². The summed E-state index contributed by atoms with van der Waals surface area (Å²) in [6, 6.07) is 8.31. The molecule has 0 unspecified atom stereocenters. The van der Waals surface area contributed by atoms with E-state index in [1.807, 2.05) is 16.7 Å². The molecule has 6 heteroatoms. The Bertz CT molecular complexity index is 1130. The summed E-state index contributed by atoms with van der Waals surface area (Å²) < 4.78 is 7.91. The third-order valence-electron chi connectivity index (χ3n) is 6.84. The van der Waals surface area contributed by atoms with Crippen LogP contribution in [-0.2, 0) is 32.4 Å². The van der Waals surface area contributed by atoms with E-state index in [1.165, 1.54) is 41.7 Å². The van der Waals surface area contributed by atoms with Gasteiger partial charge in [-0.3, -0.25) is 14.3 Å². The maximum Gasteiger partial charge on any atom is 0.262 e. The lowest BCUT2D eigenvalue weighted by Crippen LogP contribution is -2.30. The number of hydrogen-bond donors (Lipinski definition) is 0. The summed E-state index contributed by atoms with van der Waals surface area (Å²) in [5.74, 6) is 1.82. The first kappa shape index (κ1) is 21.7. The van der Waals surface area contributed by atoms with Gasteiger partial charge in [-0.2, -0.15) is 0 Å². The van der Waals surface area contributed by atoms with Crippen LogP contribution in [0.25, 0.3) is 10.2 Å². The Hall–Kier alpha value is -2.18. The van der Waals surface area contributed by atoms with E-state index in [0.29, 0.717) is 13.2 Å². The van der Waals surface area contributed by atoms with Gasteiger partial charge in [0.15, 0.2) is 0 Å². The molecule has 0 saturated carbocycles. The van der Waals surface area contributed by atoms with Gasteiger partial charge in [0.2, 0.25) is 0 Å². The Balaban J connectivity index is 1.37. The minimum Gasteiger partial charge on any atom is -0.494 e. The lowest BCUT2D eigenvalue weighted by atomic mass is 9.97. The highest BCUT2D eigenvalue weighted by Crippen LogP contribution is 2.34. The van der Waals surface area contributed by atoms with Gasteiger partial charge in [0.25, 0.3) is 5.56 Å². The molecule has 3 heterocycles. The number of benzene rings is 1. The molecule has 32 heavy (non-hydrogen) atoms. The van der Waals surface area contributed by atoms with Gasteiger partial charge in [-0.05, 0) is 87.7 Å². The normalized spacial score (nSPS) is 16.5. The number of likely N-dealkylation sites (tertiary alicyclic amines) is 1. The number of rotatable bonds is 8. The fourth-order valence-corrected chi connectivity index (χ4v) is 6.28. The Morgan fingerprint density at radius 1 is 1.06 bits per heavy atom. The number of nitrogens with zero attached hydrogens (tertiary/aromatic N) is 3. The van der Waals surface area contributed by atoms with Crippen LogP contribution in [0.3, 0.4) is 0 Å². The predicted molar refractivity (Wildman–Crippen MR) is 131 cm³/mol. The van der Waals surface area contributed by atoms with Gasteiger partial charge in [0.05, 0.1) is 18.5 Å². The second kappa shape index (κ2) is 9.75. The third-order valence-corrected chi connectivity index (χ3v) is 8.03. The first-order valence-electron chi connectivity index (χ1n) is 12.2. The van der Waals surface area contributed by atoms with E-state index in [1.54, 1.807) is 11.3 Å². The summed E-state index contributed by atoms with van der Waals surface area (Å²) in [5.41, 5.74) is 2.76. The van der Waals surface area contributed by atoms with Gasteiger partial charge in [-0.25, -0.2) is 4.98 Å². The molecule has 5 nitrogen and oxygen atoms in total. The van der Waals surface area contributed by atoms with E-state index in [0.717, 1.165) is 67.1 Å². The zero-order chi connectivity index (χ0) is 21.9. The highest BCUT2D eigenvalue weighted by Gasteiger charge is 2.23. The summed E-state index contributed by atoms with van der Waals surface area (Å²) in [5, 5.41) is 0.894. The van der Waals surface area contributed by atoms with E-state index in [2.05, 4.69) is 24.0 Å². The Morgan fingerprint density at radius 2 is 1.84 bits per heavy atom. The van der Waals surface area contributed by atoms with Gasteiger partial charge in [-0.1, -0.05) is 19.1 Å². The second-order valence-electron chi connectivity index (χ2n) is 9.06. The molecule has 1 fully saturated rings. The standard InChI is InChI=1S/C26H33N3O2S/c1-2-19-10-12-20(13-11-19)31-17-7-16-29-23(18-28-14-5-6-15-28)27-25-24(26(29)30)21-8-3-4-9-22(21)32-25/h10-13H,2-9,14-18H2,1H3. The molecule has 1 saturated heterocycles. The molecule has 1 aliphatic carbocycles. The van der Waals surface area contributed by atoms with Crippen LogP contribution in [0.4, 0.5) is 0 Å². The summed E-state index contributed by atoms with van der Waals surface area (Å²) in [4.78, 5) is 23.5. The predicted octanol–water partition coefficient (Wildman–Crippen LogP) is 4.96. The Morgan fingerprint density at radius 3 is 2.62 bits per heavy atom. The van der Waals surface area contributed by atoms with E-state index in [4.69, 9.17) is 9.72 Å². The largest absolute Gasteiger partial charge is 0.494 e. The fraction of sp³-hybridized carbons (Fsp3) is 0.538. The van der Waals surface area contributed by atoms with Crippen molar-refractivity contribution in [2.75, 3.05) is 19.7 Å². The number of ether oxygens (including phenoxy) is 1. The molecule has 0 bridgehead atoms. The molecule has 0 radical (unpaired) electrons. The molecule has 1 aromatic carbocycles. The molecular formula is C26H33N3O2S. The molecule has 2 aliphatic rings. The van der Waals surface area contributed by atoms with Crippen LogP contribution in [0, 0.1) is 0 Å². The number of aryl methyl sites for hydroxylation is 3. The van der Waals surface area contributed by atoms with Crippen molar-refractivity contribution in [3.05, 3.63) is 56.4 Å². The van der Waals surface area contributed by atoms with Crippen molar-refractivity contribution in [2.24, 2.45) is 0 Å². The monoisotopic (exact) mass is 451 g/mol. The molecule has 1 aliphatic heterocycles. The zero-order valence-electron chi connectivity index (χ0n) is 19.1. The van der Waals surface area contributed by atoms with Gasteiger partial charge >= 0.3 is 0 Å². The molecule has 2 aromatic heterocycles. The van der Waals surface area contributed by atoms with Crippen LogP contribution in [0.5, 0.6) is 5.75 Å². The SMILES string of the molecule is CCc1ccc(OCCCn2c(CN3CCCC3)nc3sc4c(c3c2=O)CCCC4)cc1. The maximum atomic E-state index is 13.7. The molecule has 0 atom stereocenters. The fourth-order valence-electron chi connectivity index (χ4n) is 5.01. The lowest BCUT2D eigenvalue weighted by molar-refractivity contribution is 0.290. The number of hydrogen-bond acceptors (Lipinski definition) is 5. The van der Waals surface area contributed by atoms with E-state index in [-0.39, 0.29) is 5.56 Å². The number of aromatic nitrogens is 2. The van der Waals surface area contributed by atoms with Crippen LogP contribution in [0.2, 0.25) is 0 Å². The highest BCUT2D eigenvalue weighted by molar-refractivity contribution is 7.18. The van der Waals surface area contributed by atoms with Crippen LogP contribution in [0.1, 0.15) is 60.9 Å². The Labute approximate surface area is 194 Å². The molecule has 170 valence electrons. The van der Waals surface area contributed by atoms with Gasteiger partial charge < -0.3 is 4.74 Å². The van der Waals surface area contributed by atoms with Crippen molar-refractivity contribution in [3.63, 3.8) is 0 Å². The smallest absolute Gasteiger partial charge is 0.262 e. The van der Waals surface area contributed by atoms with E-state index < -0.39 is 0 Å². The van der Waals surface area contributed by atoms with Crippen LogP contribution >= 0.6 is 11.3 Å². The summed E-state index contributed by atoms with van der Waals surface area (Å²) in [6.45, 7) is 6.39. The summed E-state index contributed by atoms with van der Waals surface area (Å²) in [7, 11) is 0. The maximum absolute atomic E-state index is 13.7. The molecular weight excluding hydrogens is 418 g/mol. The molecule has 0 N–H and O–H groups in total. The van der Waals surface area contributed by atoms with Gasteiger partial charge in [0, 0.05) is 11.4 Å². The average molecular weight is 452 g/mol. The van der Waals surface area contributed by atoms with Crippen LogP contribution in [-0.4, -0.2) is 34.1 Å². The van der Waals surface area contributed by atoms with Crippen molar-refractivity contribution in [2.45, 2.75) is 71.4 Å². The molecule has 0 spiro atoms. The molecule has 5 rings (SSSR count).